The molecular weight excluding hydrogens is 481 g/mol. The molecular formula is C27H33ClFN5O2. The van der Waals surface area contributed by atoms with E-state index in [2.05, 4.69) is 33.9 Å². The quantitative estimate of drug-likeness (QED) is 0.527. The summed E-state index contributed by atoms with van der Waals surface area (Å²) in [6.45, 7) is 12.1. The summed E-state index contributed by atoms with van der Waals surface area (Å²) in [4.78, 5) is 13.8. The third kappa shape index (κ3) is 5.13. The van der Waals surface area contributed by atoms with Crippen molar-refractivity contribution in [2.75, 3.05) is 57.4 Å². The standard InChI is InChI=1S/C27H33ClFN5O2/c1-17-6-4-5-7-20(17)23-22(28)14-21-25(24(23)29)31-27(36-13-10-33-8-11-35-12-9-33)32-26(21)34-16-18(2)30-15-19(34)3/h4-7,14,18-19,30H,8-13,15-16H2,1-3H3/t18-,19+/m1/s1. The fourth-order valence-corrected chi connectivity index (χ4v) is 5.25. The third-order valence-electron chi connectivity index (χ3n) is 7.04. The Morgan fingerprint density at radius 1 is 1.19 bits per heavy atom. The smallest absolute Gasteiger partial charge is 0.319 e. The molecule has 192 valence electrons. The monoisotopic (exact) mass is 513 g/mol. The second-order valence-electron chi connectivity index (χ2n) is 9.70. The molecule has 0 unspecified atom stereocenters. The van der Waals surface area contributed by atoms with Gasteiger partial charge < -0.3 is 19.7 Å². The minimum Gasteiger partial charge on any atom is -0.462 e. The van der Waals surface area contributed by atoms with Crippen LogP contribution in [0.1, 0.15) is 19.4 Å². The largest absolute Gasteiger partial charge is 0.462 e. The van der Waals surface area contributed by atoms with Crippen molar-refractivity contribution in [1.29, 1.82) is 0 Å². The molecule has 1 aromatic heterocycles. The van der Waals surface area contributed by atoms with Gasteiger partial charge in [-0.1, -0.05) is 35.9 Å². The van der Waals surface area contributed by atoms with Crippen molar-refractivity contribution in [3.05, 3.63) is 46.7 Å². The molecule has 36 heavy (non-hydrogen) atoms. The summed E-state index contributed by atoms with van der Waals surface area (Å²) in [6, 6.07) is 10.1. The number of anilines is 1. The lowest BCUT2D eigenvalue weighted by Crippen LogP contribution is -2.54. The van der Waals surface area contributed by atoms with Gasteiger partial charge in [0.1, 0.15) is 17.9 Å². The van der Waals surface area contributed by atoms with Crippen LogP contribution in [0.3, 0.4) is 0 Å². The maximum atomic E-state index is 16.2. The number of hydrogen-bond donors (Lipinski definition) is 1. The Balaban J connectivity index is 1.58. The van der Waals surface area contributed by atoms with E-state index < -0.39 is 5.82 Å². The number of nitrogens with zero attached hydrogens (tertiary/aromatic N) is 4. The average molecular weight is 514 g/mol. The zero-order chi connectivity index (χ0) is 25.2. The van der Waals surface area contributed by atoms with Crippen LogP contribution in [0.5, 0.6) is 6.01 Å². The van der Waals surface area contributed by atoms with Gasteiger partial charge in [-0.15, -0.1) is 0 Å². The number of fused-ring (bicyclic) bond motifs is 1. The first kappa shape index (κ1) is 25.1. The van der Waals surface area contributed by atoms with E-state index in [1.165, 1.54) is 0 Å². The second kappa shape index (κ2) is 10.8. The van der Waals surface area contributed by atoms with Gasteiger partial charge in [0, 0.05) is 55.8 Å². The molecule has 5 rings (SSSR count). The van der Waals surface area contributed by atoms with Crippen LogP contribution in [-0.2, 0) is 4.74 Å². The number of hydrogen-bond acceptors (Lipinski definition) is 7. The van der Waals surface area contributed by atoms with E-state index in [0.29, 0.717) is 28.4 Å². The molecule has 2 fully saturated rings. The summed E-state index contributed by atoms with van der Waals surface area (Å²) in [5, 5.41) is 4.43. The van der Waals surface area contributed by atoms with Crippen LogP contribution in [0.15, 0.2) is 30.3 Å². The maximum absolute atomic E-state index is 16.2. The Morgan fingerprint density at radius 2 is 1.97 bits per heavy atom. The molecule has 3 heterocycles. The molecule has 2 atom stereocenters. The molecule has 0 amide bonds. The van der Waals surface area contributed by atoms with E-state index in [9.17, 15) is 0 Å². The van der Waals surface area contributed by atoms with Gasteiger partial charge in [0.25, 0.3) is 0 Å². The predicted molar refractivity (Wildman–Crippen MR) is 142 cm³/mol. The minimum atomic E-state index is -0.454. The molecule has 2 saturated heterocycles. The summed E-state index contributed by atoms with van der Waals surface area (Å²) >= 11 is 6.73. The SMILES string of the molecule is Cc1ccccc1-c1c(Cl)cc2c(N3C[C@@H](C)NC[C@@H]3C)nc(OCCN3CCOCC3)nc2c1F. The lowest BCUT2D eigenvalue weighted by molar-refractivity contribution is 0.0317. The van der Waals surface area contributed by atoms with Crippen LogP contribution in [-0.4, -0.2) is 79.5 Å². The van der Waals surface area contributed by atoms with E-state index in [4.69, 9.17) is 26.1 Å². The van der Waals surface area contributed by atoms with Crippen molar-refractivity contribution in [3.8, 4) is 17.1 Å². The summed E-state index contributed by atoms with van der Waals surface area (Å²) in [6.07, 6.45) is 0. The van der Waals surface area contributed by atoms with Gasteiger partial charge in [0.15, 0.2) is 5.82 Å². The zero-order valence-corrected chi connectivity index (χ0v) is 21.8. The number of aryl methyl sites for hydroxylation is 1. The average Bonchev–Trinajstić information content (AvgIpc) is 2.87. The Kier molecular flexibility index (Phi) is 7.57. The maximum Gasteiger partial charge on any atom is 0.319 e. The predicted octanol–water partition coefficient (Wildman–Crippen LogP) is 4.30. The number of rotatable bonds is 6. The molecule has 2 aliphatic rings. The Bertz CT molecular complexity index is 1240. The lowest BCUT2D eigenvalue weighted by atomic mass is 9.98. The van der Waals surface area contributed by atoms with Gasteiger partial charge in [0.2, 0.25) is 0 Å². The zero-order valence-electron chi connectivity index (χ0n) is 21.1. The molecule has 0 bridgehead atoms. The van der Waals surface area contributed by atoms with E-state index in [0.717, 1.165) is 57.1 Å². The van der Waals surface area contributed by atoms with E-state index in [-0.39, 0.29) is 23.6 Å². The van der Waals surface area contributed by atoms with Crippen molar-refractivity contribution in [2.24, 2.45) is 0 Å². The number of halogens is 2. The fourth-order valence-electron chi connectivity index (χ4n) is 4.95. The first-order valence-corrected chi connectivity index (χ1v) is 13.0. The van der Waals surface area contributed by atoms with Crippen molar-refractivity contribution < 1.29 is 13.9 Å². The first-order chi connectivity index (χ1) is 17.4. The van der Waals surface area contributed by atoms with E-state index in [1.807, 2.05) is 31.2 Å². The highest BCUT2D eigenvalue weighted by Gasteiger charge is 2.28. The fraction of sp³-hybridized carbons (Fsp3) is 0.481. The highest BCUT2D eigenvalue weighted by molar-refractivity contribution is 6.34. The second-order valence-corrected chi connectivity index (χ2v) is 10.1. The number of piperazine rings is 1. The normalized spacial score (nSPS) is 21.2. The van der Waals surface area contributed by atoms with Gasteiger partial charge in [-0.25, -0.2) is 4.39 Å². The van der Waals surface area contributed by atoms with Crippen molar-refractivity contribution in [1.82, 2.24) is 20.2 Å². The number of ether oxygens (including phenoxy) is 2. The number of benzene rings is 2. The highest BCUT2D eigenvalue weighted by atomic mass is 35.5. The first-order valence-electron chi connectivity index (χ1n) is 12.6. The minimum absolute atomic E-state index is 0.165. The Morgan fingerprint density at radius 3 is 2.75 bits per heavy atom. The number of nitrogens with one attached hydrogen (secondary N) is 1. The van der Waals surface area contributed by atoms with Crippen LogP contribution < -0.4 is 15.0 Å². The molecule has 3 aromatic rings. The van der Waals surface area contributed by atoms with Crippen LogP contribution in [0.25, 0.3) is 22.0 Å². The molecule has 0 aliphatic carbocycles. The highest BCUT2D eigenvalue weighted by Crippen LogP contribution is 2.40. The van der Waals surface area contributed by atoms with Gasteiger partial charge in [0.05, 0.1) is 18.2 Å². The summed E-state index contributed by atoms with van der Waals surface area (Å²) < 4.78 is 27.7. The van der Waals surface area contributed by atoms with Crippen molar-refractivity contribution in [2.45, 2.75) is 32.9 Å². The molecule has 2 aromatic carbocycles. The molecule has 9 heteroatoms. The van der Waals surface area contributed by atoms with E-state index in [1.54, 1.807) is 6.07 Å². The van der Waals surface area contributed by atoms with Crippen LogP contribution in [0.2, 0.25) is 5.02 Å². The summed E-state index contributed by atoms with van der Waals surface area (Å²) in [5.41, 5.74) is 2.27. The Labute approximate surface area is 216 Å². The number of morpholine rings is 1. The van der Waals surface area contributed by atoms with Gasteiger partial charge >= 0.3 is 6.01 Å². The summed E-state index contributed by atoms with van der Waals surface area (Å²) in [5.74, 6) is 0.198. The van der Waals surface area contributed by atoms with E-state index >= 15 is 4.39 Å². The van der Waals surface area contributed by atoms with Gasteiger partial charge in [-0.3, -0.25) is 4.90 Å². The van der Waals surface area contributed by atoms with Crippen molar-refractivity contribution >= 4 is 28.3 Å². The molecule has 0 saturated carbocycles. The van der Waals surface area contributed by atoms with Gasteiger partial charge in [-0.05, 0) is 38.0 Å². The topological polar surface area (TPSA) is 62.8 Å². The van der Waals surface area contributed by atoms with Crippen LogP contribution in [0, 0.1) is 12.7 Å². The molecule has 7 nitrogen and oxygen atoms in total. The molecule has 2 aliphatic heterocycles. The third-order valence-corrected chi connectivity index (χ3v) is 7.33. The number of aromatic nitrogens is 2. The lowest BCUT2D eigenvalue weighted by Gasteiger charge is -2.39. The molecule has 0 radical (unpaired) electrons. The Hall–Kier alpha value is -2.52. The van der Waals surface area contributed by atoms with Crippen molar-refractivity contribution in [3.63, 3.8) is 0 Å². The molecule has 0 spiro atoms. The van der Waals surface area contributed by atoms with Gasteiger partial charge in [-0.2, -0.15) is 9.97 Å². The van der Waals surface area contributed by atoms with Crippen LogP contribution in [0.4, 0.5) is 10.2 Å². The molecule has 1 N–H and O–H groups in total. The van der Waals surface area contributed by atoms with Crippen LogP contribution >= 0.6 is 11.6 Å². The summed E-state index contributed by atoms with van der Waals surface area (Å²) in [7, 11) is 0.